The van der Waals surface area contributed by atoms with E-state index in [0.29, 0.717) is 30.4 Å². The first-order chi connectivity index (χ1) is 8.04. The molecule has 4 nitrogen and oxygen atoms in total. The average molecular weight is 239 g/mol. The molecule has 0 aliphatic rings. The van der Waals surface area contributed by atoms with Crippen LogP contribution in [0.25, 0.3) is 0 Å². The summed E-state index contributed by atoms with van der Waals surface area (Å²) < 4.78 is 16.2. The molecule has 1 rings (SSSR count). The van der Waals surface area contributed by atoms with E-state index < -0.39 is 0 Å². The molecular weight excluding hydrogens is 218 g/mol. The quantitative estimate of drug-likeness (QED) is 0.825. The Morgan fingerprint density at radius 3 is 2.29 bits per heavy atom. The van der Waals surface area contributed by atoms with E-state index in [2.05, 4.69) is 13.8 Å². The molecule has 0 unspecified atom stereocenters. The lowest BCUT2D eigenvalue weighted by Gasteiger charge is -2.23. The Hall–Kier alpha value is -1.42. The van der Waals surface area contributed by atoms with Crippen LogP contribution < -0.4 is 19.9 Å². The Kier molecular flexibility index (Phi) is 4.63. The summed E-state index contributed by atoms with van der Waals surface area (Å²) in [5, 5.41) is 0. The molecule has 0 heterocycles. The van der Waals surface area contributed by atoms with Crippen LogP contribution in [0.4, 0.5) is 0 Å². The average Bonchev–Trinajstić information content (AvgIpc) is 2.35. The second kappa shape index (κ2) is 5.77. The first kappa shape index (κ1) is 13.6. The second-order valence-corrected chi connectivity index (χ2v) is 4.65. The summed E-state index contributed by atoms with van der Waals surface area (Å²) in [4.78, 5) is 0. The number of para-hydroxylation sites is 1. The zero-order valence-electron chi connectivity index (χ0n) is 10.9. The Bertz CT molecular complexity index is 364. The van der Waals surface area contributed by atoms with Crippen molar-refractivity contribution in [3.05, 3.63) is 18.2 Å². The molecule has 0 aromatic heterocycles. The largest absolute Gasteiger partial charge is 0.493 e. The van der Waals surface area contributed by atoms with Gasteiger partial charge in [0.1, 0.15) is 0 Å². The highest BCUT2D eigenvalue weighted by molar-refractivity contribution is 5.51. The molecule has 0 atom stereocenters. The molecule has 2 N–H and O–H groups in total. The molecule has 1 aromatic rings. The maximum atomic E-state index is 5.74. The highest BCUT2D eigenvalue weighted by atomic mass is 16.5. The van der Waals surface area contributed by atoms with Crippen LogP contribution >= 0.6 is 0 Å². The monoisotopic (exact) mass is 239 g/mol. The Labute approximate surface area is 103 Å². The molecule has 0 saturated heterocycles. The Balaban J connectivity index is 2.84. The predicted octanol–water partition coefficient (Wildman–Crippen LogP) is 2.07. The van der Waals surface area contributed by atoms with Crippen molar-refractivity contribution in [1.29, 1.82) is 0 Å². The van der Waals surface area contributed by atoms with E-state index >= 15 is 0 Å². The molecule has 0 aliphatic carbocycles. The van der Waals surface area contributed by atoms with Crippen LogP contribution in [-0.2, 0) is 0 Å². The minimum Gasteiger partial charge on any atom is -0.493 e. The van der Waals surface area contributed by atoms with E-state index in [4.69, 9.17) is 19.9 Å². The van der Waals surface area contributed by atoms with Crippen molar-refractivity contribution in [2.75, 3.05) is 27.4 Å². The third-order valence-corrected chi connectivity index (χ3v) is 2.54. The smallest absolute Gasteiger partial charge is 0.203 e. The van der Waals surface area contributed by atoms with Crippen LogP contribution in [0.5, 0.6) is 17.2 Å². The van der Waals surface area contributed by atoms with Gasteiger partial charge in [0.15, 0.2) is 11.5 Å². The highest BCUT2D eigenvalue weighted by Crippen LogP contribution is 2.37. The van der Waals surface area contributed by atoms with Crippen molar-refractivity contribution in [1.82, 2.24) is 0 Å². The molecule has 0 aliphatic heterocycles. The van der Waals surface area contributed by atoms with Crippen LogP contribution in [0.15, 0.2) is 18.2 Å². The van der Waals surface area contributed by atoms with E-state index in [-0.39, 0.29) is 5.41 Å². The predicted molar refractivity (Wildman–Crippen MR) is 67.9 cm³/mol. The van der Waals surface area contributed by atoms with E-state index in [1.54, 1.807) is 14.2 Å². The third kappa shape index (κ3) is 3.53. The fourth-order valence-electron chi connectivity index (χ4n) is 1.30. The van der Waals surface area contributed by atoms with Crippen molar-refractivity contribution in [3.8, 4) is 17.2 Å². The summed E-state index contributed by atoms with van der Waals surface area (Å²) in [7, 11) is 3.20. The lowest BCUT2D eigenvalue weighted by Crippen LogP contribution is -2.30. The zero-order chi connectivity index (χ0) is 12.9. The lowest BCUT2D eigenvalue weighted by atomic mass is 9.95. The van der Waals surface area contributed by atoms with E-state index in [1.165, 1.54) is 0 Å². The lowest BCUT2D eigenvalue weighted by molar-refractivity contribution is 0.180. The molecule has 1 aromatic carbocycles. The number of hydrogen-bond acceptors (Lipinski definition) is 4. The number of ether oxygens (including phenoxy) is 3. The summed E-state index contributed by atoms with van der Waals surface area (Å²) in [5.41, 5.74) is 5.60. The van der Waals surface area contributed by atoms with Crippen LogP contribution in [0.2, 0.25) is 0 Å². The third-order valence-electron chi connectivity index (χ3n) is 2.54. The molecule has 4 heteroatoms. The van der Waals surface area contributed by atoms with Crippen LogP contribution in [0.1, 0.15) is 13.8 Å². The topological polar surface area (TPSA) is 53.7 Å². The molecule has 0 spiro atoms. The molecule has 0 bridgehead atoms. The molecular formula is C13H21NO3. The minimum atomic E-state index is -0.0614. The van der Waals surface area contributed by atoms with Gasteiger partial charge in [0, 0.05) is 12.0 Å². The number of hydrogen-bond donors (Lipinski definition) is 1. The molecule has 0 fully saturated rings. The Morgan fingerprint density at radius 2 is 1.76 bits per heavy atom. The summed E-state index contributed by atoms with van der Waals surface area (Å²) in [6.45, 7) is 5.21. The molecule has 0 radical (unpaired) electrons. The summed E-state index contributed by atoms with van der Waals surface area (Å²) in [5.74, 6) is 1.95. The van der Waals surface area contributed by atoms with Crippen LogP contribution in [-0.4, -0.2) is 27.4 Å². The zero-order valence-corrected chi connectivity index (χ0v) is 10.9. The maximum absolute atomic E-state index is 5.74. The molecule has 0 saturated carbocycles. The van der Waals surface area contributed by atoms with Gasteiger partial charge in [-0.25, -0.2) is 0 Å². The van der Waals surface area contributed by atoms with Gasteiger partial charge in [0.2, 0.25) is 5.75 Å². The fourth-order valence-corrected chi connectivity index (χ4v) is 1.30. The normalized spacial score (nSPS) is 11.1. The van der Waals surface area contributed by atoms with Crippen LogP contribution in [0.3, 0.4) is 0 Å². The van der Waals surface area contributed by atoms with Crippen molar-refractivity contribution < 1.29 is 14.2 Å². The first-order valence-corrected chi connectivity index (χ1v) is 5.58. The summed E-state index contributed by atoms with van der Waals surface area (Å²) in [6.07, 6.45) is 0. The van der Waals surface area contributed by atoms with Gasteiger partial charge >= 0.3 is 0 Å². The number of nitrogens with two attached hydrogens (primary N) is 1. The van der Waals surface area contributed by atoms with Crippen LogP contribution in [0, 0.1) is 5.41 Å². The van der Waals surface area contributed by atoms with Crippen molar-refractivity contribution in [2.24, 2.45) is 11.1 Å². The van der Waals surface area contributed by atoms with Crippen molar-refractivity contribution >= 4 is 0 Å². The van der Waals surface area contributed by atoms with Gasteiger partial charge in [0.25, 0.3) is 0 Å². The van der Waals surface area contributed by atoms with Gasteiger partial charge < -0.3 is 19.9 Å². The van der Waals surface area contributed by atoms with Crippen molar-refractivity contribution in [2.45, 2.75) is 13.8 Å². The van der Waals surface area contributed by atoms with Gasteiger partial charge in [-0.15, -0.1) is 0 Å². The minimum absolute atomic E-state index is 0.0614. The second-order valence-electron chi connectivity index (χ2n) is 4.65. The van der Waals surface area contributed by atoms with E-state index in [1.807, 2.05) is 18.2 Å². The molecule has 17 heavy (non-hydrogen) atoms. The van der Waals surface area contributed by atoms with Gasteiger partial charge in [0.05, 0.1) is 20.8 Å². The standard InChI is InChI=1S/C13H21NO3/c1-13(2,8-14)9-17-11-7-5-6-10(15-3)12(11)16-4/h5-7H,8-9,14H2,1-4H3. The van der Waals surface area contributed by atoms with Gasteiger partial charge in [-0.05, 0) is 12.1 Å². The Morgan fingerprint density at radius 1 is 1.12 bits per heavy atom. The van der Waals surface area contributed by atoms with Crippen molar-refractivity contribution in [3.63, 3.8) is 0 Å². The van der Waals surface area contributed by atoms with Gasteiger partial charge in [-0.2, -0.15) is 0 Å². The summed E-state index contributed by atoms with van der Waals surface area (Å²) >= 11 is 0. The molecule has 96 valence electrons. The summed E-state index contributed by atoms with van der Waals surface area (Å²) in [6, 6.07) is 5.56. The van der Waals surface area contributed by atoms with Gasteiger partial charge in [-0.1, -0.05) is 19.9 Å². The SMILES string of the molecule is COc1cccc(OCC(C)(C)CN)c1OC. The number of methoxy groups -OCH3 is 2. The van der Waals surface area contributed by atoms with E-state index in [0.717, 1.165) is 0 Å². The molecule has 0 amide bonds. The van der Waals surface area contributed by atoms with Gasteiger partial charge in [-0.3, -0.25) is 0 Å². The van der Waals surface area contributed by atoms with E-state index in [9.17, 15) is 0 Å². The number of benzene rings is 1. The number of rotatable bonds is 6. The highest BCUT2D eigenvalue weighted by Gasteiger charge is 2.18. The fraction of sp³-hybridized carbons (Fsp3) is 0.538. The first-order valence-electron chi connectivity index (χ1n) is 5.58. The maximum Gasteiger partial charge on any atom is 0.203 e.